The highest BCUT2D eigenvalue weighted by molar-refractivity contribution is 5.85. The van der Waals surface area contributed by atoms with Gasteiger partial charge in [0, 0.05) is 6.54 Å². The summed E-state index contributed by atoms with van der Waals surface area (Å²) in [5, 5.41) is 11.3. The SMILES string of the molecule is Cl.O=C(O)[C@@H]1CC=CCN1. The van der Waals surface area contributed by atoms with Crippen LogP contribution in [0.15, 0.2) is 12.2 Å². The normalized spacial score (nSPS) is 23.4. The maximum absolute atomic E-state index is 10.3. The number of hydrogen-bond acceptors (Lipinski definition) is 2. The Balaban J connectivity index is 0.000000810. The molecule has 2 N–H and O–H groups in total. The molecule has 0 unspecified atom stereocenters. The average molecular weight is 164 g/mol. The molecule has 0 bridgehead atoms. The van der Waals surface area contributed by atoms with Gasteiger partial charge in [-0.1, -0.05) is 12.2 Å². The van der Waals surface area contributed by atoms with E-state index in [4.69, 9.17) is 5.11 Å². The van der Waals surface area contributed by atoms with Gasteiger partial charge in [0.05, 0.1) is 0 Å². The maximum atomic E-state index is 10.3. The Hall–Kier alpha value is -0.540. The molecule has 3 nitrogen and oxygen atoms in total. The van der Waals surface area contributed by atoms with Gasteiger partial charge in [0.25, 0.3) is 0 Å². The standard InChI is InChI=1S/C6H9NO2.ClH/c8-6(9)5-3-1-2-4-7-5;/h1-2,5,7H,3-4H2,(H,8,9);1H/t5-;/m0./s1. The minimum Gasteiger partial charge on any atom is -0.480 e. The van der Waals surface area contributed by atoms with Crippen molar-refractivity contribution < 1.29 is 9.90 Å². The summed E-state index contributed by atoms with van der Waals surface area (Å²) in [7, 11) is 0. The van der Waals surface area contributed by atoms with Crippen LogP contribution in [0.1, 0.15) is 6.42 Å². The van der Waals surface area contributed by atoms with Crippen LogP contribution in [0.2, 0.25) is 0 Å². The minimum atomic E-state index is -0.764. The van der Waals surface area contributed by atoms with Gasteiger partial charge in [-0.05, 0) is 6.42 Å². The number of halogens is 1. The first-order chi connectivity index (χ1) is 4.30. The van der Waals surface area contributed by atoms with E-state index in [-0.39, 0.29) is 18.4 Å². The molecule has 1 heterocycles. The van der Waals surface area contributed by atoms with Gasteiger partial charge in [0.15, 0.2) is 0 Å². The topological polar surface area (TPSA) is 49.3 Å². The molecule has 1 aliphatic heterocycles. The molecule has 0 saturated heterocycles. The molecule has 58 valence electrons. The first kappa shape index (κ1) is 9.46. The van der Waals surface area contributed by atoms with Crippen molar-refractivity contribution in [2.24, 2.45) is 0 Å². The third-order valence-corrected chi connectivity index (χ3v) is 1.32. The molecule has 0 aromatic carbocycles. The van der Waals surface area contributed by atoms with Crippen molar-refractivity contribution in [1.29, 1.82) is 0 Å². The lowest BCUT2D eigenvalue weighted by Gasteiger charge is -2.13. The van der Waals surface area contributed by atoms with Crippen LogP contribution in [0.4, 0.5) is 0 Å². The Labute approximate surface area is 65.5 Å². The van der Waals surface area contributed by atoms with E-state index in [2.05, 4.69) is 5.32 Å². The minimum absolute atomic E-state index is 0. The summed E-state index contributed by atoms with van der Waals surface area (Å²) in [6, 6.07) is -0.366. The van der Waals surface area contributed by atoms with Crippen molar-refractivity contribution in [3.63, 3.8) is 0 Å². The summed E-state index contributed by atoms with van der Waals surface area (Å²) >= 11 is 0. The quantitative estimate of drug-likeness (QED) is 0.551. The zero-order valence-electron chi connectivity index (χ0n) is 5.41. The summed E-state index contributed by atoms with van der Waals surface area (Å²) in [6.45, 7) is 0.678. The highest BCUT2D eigenvalue weighted by Crippen LogP contribution is 1.97. The molecule has 0 radical (unpaired) electrons. The summed E-state index contributed by atoms with van der Waals surface area (Å²) in [5.41, 5.74) is 0. The predicted molar refractivity (Wildman–Crippen MR) is 40.4 cm³/mol. The van der Waals surface area contributed by atoms with Crippen molar-refractivity contribution in [2.45, 2.75) is 12.5 Å². The number of carbonyl (C=O) groups is 1. The monoisotopic (exact) mass is 163 g/mol. The summed E-state index contributed by atoms with van der Waals surface area (Å²) in [5.74, 6) is -0.764. The third-order valence-electron chi connectivity index (χ3n) is 1.32. The van der Waals surface area contributed by atoms with Crippen molar-refractivity contribution in [2.75, 3.05) is 6.54 Å². The van der Waals surface area contributed by atoms with E-state index in [0.29, 0.717) is 13.0 Å². The number of hydrogen-bond donors (Lipinski definition) is 2. The van der Waals surface area contributed by atoms with Crippen molar-refractivity contribution in [1.82, 2.24) is 5.32 Å². The zero-order chi connectivity index (χ0) is 6.69. The lowest BCUT2D eigenvalue weighted by atomic mass is 10.1. The summed E-state index contributed by atoms with van der Waals surface area (Å²) in [4.78, 5) is 10.3. The molecule has 0 aliphatic carbocycles. The van der Waals surface area contributed by atoms with E-state index >= 15 is 0 Å². The van der Waals surface area contributed by atoms with Gasteiger partial charge in [-0.25, -0.2) is 0 Å². The van der Waals surface area contributed by atoms with E-state index in [9.17, 15) is 4.79 Å². The van der Waals surface area contributed by atoms with Gasteiger partial charge in [-0.2, -0.15) is 0 Å². The van der Waals surface area contributed by atoms with E-state index in [1.54, 1.807) is 0 Å². The molecule has 4 heteroatoms. The molecule has 10 heavy (non-hydrogen) atoms. The number of nitrogens with one attached hydrogen (secondary N) is 1. The Bertz CT molecular complexity index is 147. The van der Waals surface area contributed by atoms with Crippen molar-refractivity contribution in [3.05, 3.63) is 12.2 Å². The molecule has 0 fully saturated rings. The van der Waals surface area contributed by atoms with Crippen LogP contribution in [0, 0.1) is 0 Å². The van der Waals surface area contributed by atoms with Crippen LogP contribution < -0.4 is 5.32 Å². The smallest absolute Gasteiger partial charge is 0.321 e. The van der Waals surface area contributed by atoms with Crippen LogP contribution >= 0.6 is 12.4 Å². The first-order valence-corrected chi connectivity index (χ1v) is 2.92. The van der Waals surface area contributed by atoms with Gasteiger partial charge in [0.2, 0.25) is 0 Å². The van der Waals surface area contributed by atoms with Crippen LogP contribution in [0.5, 0.6) is 0 Å². The van der Waals surface area contributed by atoms with Crippen molar-refractivity contribution >= 4 is 18.4 Å². The molecule has 0 saturated carbocycles. The number of rotatable bonds is 1. The van der Waals surface area contributed by atoms with E-state index in [0.717, 1.165) is 0 Å². The lowest BCUT2D eigenvalue weighted by molar-refractivity contribution is -0.139. The fourth-order valence-electron chi connectivity index (χ4n) is 0.797. The van der Waals surface area contributed by atoms with E-state index in [1.807, 2.05) is 12.2 Å². The molecule has 1 rings (SSSR count). The average Bonchev–Trinajstić information content (AvgIpc) is 1.90. The highest BCUT2D eigenvalue weighted by Gasteiger charge is 2.15. The van der Waals surface area contributed by atoms with Gasteiger partial charge in [0.1, 0.15) is 6.04 Å². The van der Waals surface area contributed by atoms with Gasteiger partial charge in [-0.15, -0.1) is 12.4 Å². The molecule has 0 aromatic heterocycles. The second-order valence-corrected chi connectivity index (χ2v) is 2.01. The van der Waals surface area contributed by atoms with E-state index < -0.39 is 5.97 Å². The molecule has 0 amide bonds. The third kappa shape index (κ3) is 2.37. The molecule has 0 aromatic rings. The largest absolute Gasteiger partial charge is 0.480 e. The molecule has 1 aliphatic rings. The fourth-order valence-corrected chi connectivity index (χ4v) is 0.797. The second kappa shape index (κ2) is 4.30. The Kier molecular flexibility index (Phi) is 4.07. The maximum Gasteiger partial charge on any atom is 0.321 e. The van der Waals surface area contributed by atoms with Gasteiger partial charge >= 0.3 is 5.97 Å². The van der Waals surface area contributed by atoms with Gasteiger partial charge in [-0.3, -0.25) is 4.79 Å². The second-order valence-electron chi connectivity index (χ2n) is 2.01. The van der Waals surface area contributed by atoms with Crippen molar-refractivity contribution in [3.8, 4) is 0 Å². The molecular formula is C6H10ClNO2. The van der Waals surface area contributed by atoms with Crippen LogP contribution in [0.25, 0.3) is 0 Å². The van der Waals surface area contributed by atoms with Gasteiger partial charge < -0.3 is 10.4 Å². The lowest BCUT2D eigenvalue weighted by Crippen LogP contribution is -2.38. The predicted octanol–water partition coefficient (Wildman–Crippen LogP) is 0.411. The van der Waals surface area contributed by atoms with Crippen LogP contribution in [0.3, 0.4) is 0 Å². The molecule has 0 spiro atoms. The van der Waals surface area contributed by atoms with E-state index in [1.165, 1.54) is 0 Å². The highest BCUT2D eigenvalue weighted by atomic mass is 35.5. The Morgan fingerprint density at radius 1 is 1.60 bits per heavy atom. The number of carboxylic acid groups (broad SMARTS) is 1. The molecule has 1 atom stereocenters. The summed E-state index contributed by atoms with van der Waals surface area (Å²) in [6.07, 6.45) is 4.42. The Morgan fingerprint density at radius 3 is 2.60 bits per heavy atom. The fraction of sp³-hybridized carbons (Fsp3) is 0.500. The number of carboxylic acids is 1. The molecular weight excluding hydrogens is 154 g/mol. The van der Waals surface area contributed by atoms with Crippen LogP contribution in [-0.4, -0.2) is 23.7 Å². The first-order valence-electron chi connectivity index (χ1n) is 2.92. The zero-order valence-corrected chi connectivity index (χ0v) is 6.23. The summed E-state index contributed by atoms with van der Waals surface area (Å²) < 4.78 is 0. The Morgan fingerprint density at radius 2 is 2.30 bits per heavy atom. The van der Waals surface area contributed by atoms with Crippen LogP contribution in [-0.2, 0) is 4.79 Å². The number of aliphatic carboxylic acids is 1.